The maximum atomic E-state index is 12.9. The zero-order chi connectivity index (χ0) is 12.3. The average molecular weight is 313 g/mol. The molecule has 2 nitrogen and oxygen atoms in total. The van der Waals surface area contributed by atoms with Gasteiger partial charge in [-0.2, -0.15) is 0 Å². The molecular formula is C10H11BrF2O2S. The minimum absolute atomic E-state index is 0.0851. The molecule has 0 aromatic heterocycles. The Morgan fingerprint density at radius 1 is 1.31 bits per heavy atom. The first-order valence-corrected chi connectivity index (χ1v) is 7.38. The third-order valence-electron chi connectivity index (χ3n) is 2.02. The molecular weight excluding hydrogens is 302 g/mol. The number of alkyl halides is 1. The smallest absolute Gasteiger partial charge is 0.178 e. The second-order valence-electron chi connectivity index (χ2n) is 3.62. The highest BCUT2D eigenvalue weighted by Gasteiger charge is 2.19. The summed E-state index contributed by atoms with van der Waals surface area (Å²) in [5, 5.41) is 0.538. The van der Waals surface area contributed by atoms with Crippen molar-refractivity contribution in [1.82, 2.24) is 0 Å². The van der Waals surface area contributed by atoms with Crippen molar-refractivity contribution >= 4 is 25.8 Å². The van der Waals surface area contributed by atoms with Crippen molar-refractivity contribution < 1.29 is 17.2 Å². The van der Waals surface area contributed by atoms with E-state index in [0.717, 1.165) is 12.1 Å². The Labute approximate surface area is 102 Å². The minimum atomic E-state index is -3.55. The molecule has 0 spiro atoms. The molecule has 1 aromatic rings. The summed E-state index contributed by atoms with van der Waals surface area (Å²) in [4.78, 5) is -0.181. The highest BCUT2D eigenvalue weighted by molar-refractivity contribution is 9.09. The van der Waals surface area contributed by atoms with Gasteiger partial charge in [-0.3, -0.25) is 0 Å². The van der Waals surface area contributed by atoms with Crippen LogP contribution in [0.15, 0.2) is 23.1 Å². The zero-order valence-electron chi connectivity index (χ0n) is 8.58. The maximum absolute atomic E-state index is 12.9. The number of sulfone groups is 1. The second kappa shape index (κ2) is 5.23. The average Bonchev–Trinajstić information content (AvgIpc) is 2.21. The fourth-order valence-electron chi connectivity index (χ4n) is 1.19. The lowest BCUT2D eigenvalue weighted by Crippen LogP contribution is -2.15. The highest BCUT2D eigenvalue weighted by atomic mass is 79.9. The SMILES string of the molecule is CC(CBr)CS(=O)(=O)c1ccc(F)c(F)c1. The largest absolute Gasteiger partial charge is 0.224 e. The topological polar surface area (TPSA) is 34.1 Å². The van der Waals surface area contributed by atoms with Crippen LogP contribution in [0.4, 0.5) is 8.78 Å². The summed E-state index contributed by atoms with van der Waals surface area (Å²) in [5.74, 6) is -2.37. The van der Waals surface area contributed by atoms with E-state index in [2.05, 4.69) is 15.9 Å². The van der Waals surface area contributed by atoms with Crippen LogP contribution in [-0.2, 0) is 9.84 Å². The molecule has 90 valence electrons. The first-order chi connectivity index (χ1) is 7.36. The van der Waals surface area contributed by atoms with E-state index in [-0.39, 0.29) is 16.6 Å². The van der Waals surface area contributed by atoms with Gasteiger partial charge in [0.2, 0.25) is 0 Å². The number of rotatable bonds is 4. The number of hydrogen-bond donors (Lipinski definition) is 0. The van der Waals surface area contributed by atoms with Crippen molar-refractivity contribution in [2.45, 2.75) is 11.8 Å². The monoisotopic (exact) mass is 312 g/mol. The van der Waals surface area contributed by atoms with Gasteiger partial charge in [0.15, 0.2) is 21.5 Å². The van der Waals surface area contributed by atoms with Crippen LogP contribution < -0.4 is 0 Å². The molecule has 0 bridgehead atoms. The lowest BCUT2D eigenvalue weighted by atomic mass is 10.3. The highest BCUT2D eigenvalue weighted by Crippen LogP contribution is 2.18. The van der Waals surface area contributed by atoms with Gasteiger partial charge in [0, 0.05) is 5.33 Å². The summed E-state index contributed by atoms with van der Waals surface area (Å²) in [7, 11) is -3.55. The van der Waals surface area contributed by atoms with Gasteiger partial charge in [-0.05, 0) is 24.1 Å². The number of benzene rings is 1. The Bertz CT molecular complexity index is 474. The van der Waals surface area contributed by atoms with Crippen molar-refractivity contribution in [2.24, 2.45) is 5.92 Å². The summed E-state index contributed by atoms with van der Waals surface area (Å²) in [6.45, 7) is 1.76. The van der Waals surface area contributed by atoms with Gasteiger partial charge in [0.05, 0.1) is 10.6 Å². The molecule has 1 atom stereocenters. The molecule has 16 heavy (non-hydrogen) atoms. The van der Waals surface area contributed by atoms with E-state index < -0.39 is 21.5 Å². The van der Waals surface area contributed by atoms with Gasteiger partial charge in [-0.15, -0.1) is 0 Å². The molecule has 0 fully saturated rings. The molecule has 6 heteroatoms. The molecule has 1 rings (SSSR count). The quantitative estimate of drug-likeness (QED) is 0.633. The standard InChI is InChI=1S/C10H11BrF2O2S/c1-7(5-11)6-16(14,15)8-2-3-9(12)10(13)4-8/h2-4,7H,5-6H2,1H3. The van der Waals surface area contributed by atoms with Gasteiger partial charge < -0.3 is 0 Å². The number of hydrogen-bond acceptors (Lipinski definition) is 2. The van der Waals surface area contributed by atoms with E-state index >= 15 is 0 Å². The van der Waals surface area contributed by atoms with Gasteiger partial charge in [0.1, 0.15) is 0 Å². The lowest BCUT2D eigenvalue weighted by Gasteiger charge is -2.09. The summed E-state index contributed by atoms with van der Waals surface area (Å²) in [6, 6.07) is 2.61. The predicted octanol–water partition coefficient (Wildman–Crippen LogP) is 2.77. The predicted molar refractivity (Wildman–Crippen MR) is 61.4 cm³/mol. The fourth-order valence-corrected chi connectivity index (χ4v) is 3.34. The molecule has 0 amide bonds. The van der Waals surface area contributed by atoms with Gasteiger partial charge in [0.25, 0.3) is 0 Å². The van der Waals surface area contributed by atoms with E-state index in [1.807, 2.05) is 0 Å². The Morgan fingerprint density at radius 2 is 1.94 bits per heavy atom. The molecule has 0 heterocycles. The minimum Gasteiger partial charge on any atom is -0.224 e. The van der Waals surface area contributed by atoms with Gasteiger partial charge in [-0.1, -0.05) is 22.9 Å². The second-order valence-corrected chi connectivity index (χ2v) is 6.30. The Hall–Kier alpha value is -0.490. The van der Waals surface area contributed by atoms with Crippen molar-refractivity contribution in [3.63, 3.8) is 0 Å². The lowest BCUT2D eigenvalue weighted by molar-refractivity contribution is 0.504. The maximum Gasteiger partial charge on any atom is 0.178 e. The van der Waals surface area contributed by atoms with Gasteiger partial charge >= 0.3 is 0 Å². The van der Waals surface area contributed by atoms with Crippen LogP contribution in [0.25, 0.3) is 0 Å². The van der Waals surface area contributed by atoms with Crippen LogP contribution in [0.3, 0.4) is 0 Å². The fraction of sp³-hybridized carbons (Fsp3) is 0.400. The Balaban J connectivity index is 3.03. The van der Waals surface area contributed by atoms with Crippen LogP contribution in [0.5, 0.6) is 0 Å². The summed E-state index contributed by atoms with van der Waals surface area (Å²) in [6.07, 6.45) is 0. The third kappa shape index (κ3) is 3.25. The molecule has 1 aromatic carbocycles. The Morgan fingerprint density at radius 3 is 2.44 bits per heavy atom. The molecule has 0 aliphatic carbocycles. The van der Waals surface area contributed by atoms with E-state index in [0.29, 0.717) is 11.4 Å². The van der Waals surface area contributed by atoms with Crippen molar-refractivity contribution in [3.05, 3.63) is 29.8 Å². The first kappa shape index (κ1) is 13.6. The van der Waals surface area contributed by atoms with Gasteiger partial charge in [-0.25, -0.2) is 17.2 Å². The summed E-state index contributed by atoms with van der Waals surface area (Å²) in [5.41, 5.74) is 0. The normalized spacial score (nSPS) is 13.8. The molecule has 0 aliphatic heterocycles. The molecule has 0 saturated heterocycles. The molecule has 0 aliphatic rings. The number of halogens is 3. The zero-order valence-corrected chi connectivity index (χ0v) is 11.0. The van der Waals surface area contributed by atoms with Crippen LogP contribution in [0, 0.1) is 17.6 Å². The van der Waals surface area contributed by atoms with Crippen LogP contribution in [-0.4, -0.2) is 19.5 Å². The third-order valence-corrected chi connectivity index (χ3v) is 5.10. The molecule has 0 saturated carbocycles. The first-order valence-electron chi connectivity index (χ1n) is 4.60. The van der Waals surface area contributed by atoms with E-state index in [4.69, 9.17) is 0 Å². The summed E-state index contributed by atoms with van der Waals surface area (Å²) < 4.78 is 49.0. The Kier molecular flexibility index (Phi) is 4.43. The molecule has 1 unspecified atom stereocenters. The molecule has 0 N–H and O–H groups in total. The van der Waals surface area contributed by atoms with E-state index in [9.17, 15) is 17.2 Å². The molecule has 0 radical (unpaired) electrons. The summed E-state index contributed by atoms with van der Waals surface area (Å²) >= 11 is 3.17. The van der Waals surface area contributed by atoms with Crippen molar-refractivity contribution in [3.8, 4) is 0 Å². The van der Waals surface area contributed by atoms with E-state index in [1.165, 1.54) is 0 Å². The van der Waals surface area contributed by atoms with Crippen molar-refractivity contribution in [1.29, 1.82) is 0 Å². The van der Waals surface area contributed by atoms with E-state index in [1.54, 1.807) is 6.92 Å². The van der Waals surface area contributed by atoms with Crippen LogP contribution in [0.1, 0.15) is 6.92 Å². The van der Waals surface area contributed by atoms with Crippen LogP contribution in [0.2, 0.25) is 0 Å². The van der Waals surface area contributed by atoms with Crippen LogP contribution >= 0.6 is 15.9 Å². The van der Waals surface area contributed by atoms with Crippen molar-refractivity contribution in [2.75, 3.05) is 11.1 Å².